The van der Waals surface area contributed by atoms with Crippen molar-refractivity contribution < 1.29 is 19.0 Å². The number of carbonyl (C=O) groups is 1. The van der Waals surface area contributed by atoms with Gasteiger partial charge in [-0.1, -0.05) is 12.1 Å². The van der Waals surface area contributed by atoms with Gasteiger partial charge in [-0.2, -0.15) is 0 Å². The molecule has 2 rings (SSSR count). The van der Waals surface area contributed by atoms with Crippen LogP contribution in [-0.2, 0) is 9.53 Å². The van der Waals surface area contributed by atoms with E-state index >= 15 is 0 Å². The fourth-order valence-electron chi connectivity index (χ4n) is 1.24. The van der Waals surface area contributed by atoms with Crippen LogP contribution in [0.2, 0.25) is 0 Å². The van der Waals surface area contributed by atoms with Gasteiger partial charge in [0.15, 0.2) is 18.1 Å². The van der Waals surface area contributed by atoms with Crippen LogP contribution >= 0.6 is 0 Å². The Morgan fingerprint density at radius 3 is 2.86 bits per heavy atom. The van der Waals surface area contributed by atoms with Crippen molar-refractivity contribution in [1.82, 2.24) is 0 Å². The number of rotatable bonds is 1. The van der Waals surface area contributed by atoms with Crippen molar-refractivity contribution in [2.75, 3.05) is 6.61 Å². The second-order valence-corrected chi connectivity index (χ2v) is 2.91. The smallest absolute Gasteiger partial charge is 0.305 e. The van der Waals surface area contributed by atoms with Gasteiger partial charge in [-0.05, 0) is 12.1 Å². The molecule has 0 fully saturated rings. The Hall–Kier alpha value is -1.71. The predicted octanol–water partition coefficient (Wildman–Crippen LogP) is 1.35. The van der Waals surface area contributed by atoms with Gasteiger partial charge in [-0.15, -0.1) is 0 Å². The van der Waals surface area contributed by atoms with E-state index in [4.69, 9.17) is 14.2 Å². The molecular weight excluding hydrogens is 184 g/mol. The highest BCUT2D eigenvalue weighted by atomic mass is 16.7. The zero-order valence-electron chi connectivity index (χ0n) is 7.73. The lowest BCUT2D eigenvalue weighted by Gasteiger charge is -2.25. The molecule has 1 atom stereocenters. The lowest BCUT2D eigenvalue weighted by Crippen LogP contribution is -2.33. The maximum atomic E-state index is 10.7. The quantitative estimate of drug-likeness (QED) is 0.633. The lowest BCUT2D eigenvalue weighted by atomic mass is 10.3. The third-order valence-electron chi connectivity index (χ3n) is 1.78. The van der Waals surface area contributed by atoms with Crippen LogP contribution in [0.1, 0.15) is 6.92 Å². The molecule has 0 saturated carbocycles. The first kappa shape index (κ1) is 8.87. The number of para-hydroxylation sites is 2. The summed E-state index contributed by atoms with van der Waals surface area (Å²) in [5.41, 5.74) is 0. The number of hydrogen-bond acceptors (Lipinski definition) is 4. The summed E-state index contributed by atoms with van der Waals surface area (Å²) >= 11 is 0. The van der Waals surface area contributed by atoms with Gasteiger partial charge in [0.25, 0.3) is 6.29 Å². The number of carbonyl (C=O) groups excluding carboxylic acids is 1. The molecule has 0 aliphatic carbocycles. The topological polar surface area (TPSA) is 44.8 Å². The van der Waals surface area contributed by atoms with E-state index in [1.54, 1.807) is 12.1 Å². The zero-order chi connectivity index (χ0) is 9.97. The van der Waals surface area contributed by atoms with Crippen LogP contribution in [0.3, 0.4) is 0 Å². The molecule has 4 heteroatoms. The number of hydrogen-bond donors (Lipinski definition) is 0. The molecule has 74 valence electrons. The van der Waals surface area contributed by atoms with Crippen molar-refractivity contribution in [1.29, 1.82) is 0 Å². The van der Waals surface area contributed by atoms with E-state index in [-0.39, 0.29) is 12.6 Å². The minimum Gasteiger partial charge on any atom is -0.482 e. The van der Waals surface area contributed by atoms with Gasteiger partial charge in [0, 0.05) is 6.92 Å². The number of esters is 1. The van der Waals surface area contributed by atoms with Crippen molar-refractivity contribution in [2.45, 2.75) is 13.2 Å². The van der Waals surface area contributed by atoms with Crippen LogP contribution in [0, 0.1) is 0 Å². The van der Waals surface area contributed by atoms with Crippen molar-refractivity contribution in [3.8, 4) is 11.5 Å². The first-order chi connectivity index (χ1) is 6.75. The predicted molar refractivity (Wildman–Crippen MR) is 48.1 cm³/mol. The minimum atomic E-state index is -0.637. The molecular formula is C10H10O4. The van der Waals surface area contributed by atoms with Crippen LogP contribution in [0.4, 0.5) is 0 Å². The van der Waals surface area contributed by atoms with Gasteiger partial charge in [-0.25, -0.2) is 0 Å². The summed E-state index contributed by atoms with van der Waals surface area (Å²) in [6.07, 6.45) is -0.637. The van der Waals surface area contributed by atoms with Crippen molar-refractivity contribution >= 4 is 5.97 Å². The van der Waals surface area contributed by atoms with Crippen molar-refractivity contribution in [3.05, 3.63) is 24.3 Å². The van der Waals surface area contributed by atoms with Gasteiger partial charge in [0.05, 0.1) is 0 Å². The van der Waals surface area contributed by atoms with Crippen LogP contribution < -0.4 is 9.47 Å². The first-order valence-electron chi connectivity index (χ1n) is 4.31. The highest BCUT2D eigenvalue weighted by molar-refractivity contribution is 5.66. The Kier molecular flexibility index (Phi) is 2.26. The molecule has 1 aromatic rings. The molecule has 0 N–H and O–H groups in total. The van der Waals surface area contributed by atoms with Gasteiger partial charge in [-0.3, -0.25) is 4.79 Å². The molecule has 1 aromatic carbocycles. The maximum Gasteiger partial charge on any atom is 0.305 e. The summed E-state index contributed by atoms with van der Waals surface area (Å²) in [6, 6.07) is 7.26. The molecule has 0 bridgehead atoms. The molecule has 4 nitrogen and oxygen atoms in total. The summed E-state index contributed by atoms with van der Waals surface area (Å²) in [7, 11) is 0. The molecule has 1 heterocycles. The average molecular weight is 194 g/mol. The Bertz CT molecular complexity index is 348. The molecule has 14 heavy (non-hydrogen) atoms. The summed E-state index contributed by atoms with van der Waals surface area (Å²) < 4.78 is 15.6. The summed E-state index contributed by atoms with van der Waals surface area (Å²) in [5, 5.41) is 0. The normalized spacial score (nSPS) is 18.8. The Morgan fingerprint density at radius 2 is 2.14 bits per heavy atom. The summed E-state index contributed by atoms with van der Waals surface area (Å²) in [5.74, 6) is 0.902. The van der Waals surface area contributed by atoms with E-state index < -0.39 is 6.29 Å². The number of ether oxygens (including phenoxy) is 3. The molecule has 0 spiro atoms. The second kappa shape index (κ2) is 3.57. The highest BCUT2D eigenvalue weighted by Crippen LogP contribution is 2.30. The van der Waals surface area contributed by atoms with Crippen LogP contribution in [0.5, 0.6) is 11.5 Å². The Labute approximate surface area is 81.4 Å². The SMILES string of the molecule is CC(=O)OC1COc2ccccc2O1. The van der Waals surface area contributed by atoms with E-state index in [2.05, 4.69) is 0 Å². The van der Waals surface area contributed by atoms with Crippen LogP contribution in [0.15, 0.2) is 24.3 Å². The first-order valence-corrected chi connectivity index (χ1v) is 4.31. The molecule has 0 amide bonds. The standard InChI is InChI=1S/C10H10O4/c1-7(11)13-10-6-12-8-4-2-3-5-9(8)14-10/h2-5,10H,6H2,1H3. The number of benzene rings is 1. The fraction of sp³-hybridized carbons (Fsp3) is 0.300. The van der Waals surface area contributed by atoms with Gasteiger partial charge < -0.3 is 14.2 Å². The monoisotopic (exact) mass is 194 g/mol. The van der Waals surface area contributed by atoms with E-state index in [9.17, 15) is 4.79 Å². The van der Waals surface area contributed by atoms with Crippen LogP contribution in [-0.4, -0.2) is 18.9 Å². The fourth-order valence-corrected chi connectivity index (χ4v) is 1.24. The van der Waals surface area contributed by atoms with E-state index in [0.29, 0.717) is 11.5 Å². The number of fused-ring (bicyclic) bond motifs is 1. The molecule has 1 unspecified atom stereocenters. The van der Waals surface area contributed by atoms with E-state index in [1.807, 2.05) is 12.1 Å². The molecule has 0 radical (unpaired) electrons. The highest BCUT2D eigenvalue weighted by Gasteiger charge is 2.22. The van der Waals surface area contributed by atoms with Crippen molar-refractivity contribution in [3.63, 3.8) is 0 Å². The van der Waals surface area contributed by atoms with Gasteiger partial charge in [0.1, 0.15) is 0 Å². The largest absolute Gasteiger partial charge is 0.482 e. The molecule has 1 aliphatic heterocycles. The van der Waals surface area contributed by atoms with E-state index in [1.165, 1.54) is 6.92 Å². The lowest BCUT2D eigenvalue weighted by molar-refractivity contribution is -0.168. The van der Waals surface area contributed by atoms with Gasteiger partial charge in [0.2, 0.25) is 0 Å². The summed E-state index contributed by atoms with van der Waals surface area (Å²) in [6.45, 7) is 1.57. The zero-order valence-corrected chi connectivity index (χ0v) is 7.73. The molecule has 0 saturated heterocycles. The molecule has 1 aliphatic rings. The third-order valence-corrected chi connectivity index (χ3v) is 1.78. The second-order valence-electron chi connectivity index (χ2n) is 2.91. The third kappa shape index (κ3) is 1.79. The van der Waals surface area contributed by atoms with Crippen molar-refractivity contribution in [2.24, 2.45) is 0 Å². The van der Waals surface area contributed by atoms with Gasteiger partial charge >= 0.3 is 5.97 Å². The Balaban J connectivity index is 2.09. The average Bonchev–Trinajstić information content (AvgIpc) is 2.17. The maximum absolute atomic E-state index is 10.7. The summed E-state index contributed by atoms with van der Waals surface area (Å²) in [4.78, 5) is 10.7. The Morgan fingerprint density at radius 1 is 1.43 bits per heavy atom. The molecule has 0 aromatic heterocycles. The minimum absolute atomic E-state index is 0.233. The van der Waals surface area contributed by atoms with E-state index in [0.717, 1.165) is 0 Å². The van der Waals surface area contributed by atoms with Crippen LogP contribution in [0.25, 0.3) is 0 Å².